The molecule has 0 spiro atoms. The van der Waals surface area contributed by atoms with E-state index in [1.807, 2.05) is 0 Å². The van der Waals surface area contributed by atoms with Crippen LogP contribution in [0.25, 0.3) is 0 Å². The monoisotopic (exact) mass is 335 g/mol. The molecule has 0 bridgehead atoms. The summed E-state index contributed by atoms with van der Waals surface area (Å²) in [5.41, 5.74) is 7.65. The third kappa shape index (κ3) is 3.82. The van der Waals surface area contributed by atoms with Gasteiger partial charge in [0.05, 0.1) is 12.1 Å². The van der Waals surface area contributed by atoms with Crippen LogP contribution in [0, 0.1) is 11.3 Å². The van der Waals surface area contributed by atoms with E-state index in [0.29, 0.717) is 12.5 Å². The van der Waals surface area contributed by atoms with Gasteiger partial charge in [0.1, 0.15) is 0 Å². The highest BCUT2D eigenvalue weighted by Gasteiger charge is 2.36. The Morgan fingerprint density at radius 2 is 2.05 bits per heavy atom. The van der Waals surface area contributed by atoms with E-state index in [4.69, 9.17) is 11.0 Å². The van der Waals surface area contributed by atoms with Gasteiger partial charge >= 0.3 is 0 Å². The van der Waals surface area contributed by atoms with Gasteiger partial charge in [-0.1, -0.05) is 35.0 Å². The second-order valence-corrected chi connectivity index (χ2v) is 6.36. The zero-order chi connectivity index (χ0) is 14.5. The van der Waals surface area contributed by atoms with Crippen LogP contribution in [-0.4, -0.2) is 23.5 Å². The van der Waals surface area contributed by atoms with Crippen LogP contribution in [0.15, 0.2) is 28.7 Å². The maximum absolute atomic E-state index is 8.89. The largest absolute Gasteiger partial charge is 0.326 e. The molecule has 1 aromatic carbocycles. The van der Waals surface area contributed by atoms with E-state index in [9.17, 15) is 0 Å². The standard InChI is InChI=1S/C16H22BrN3/c1-2-15(19)16(12-4-6-13(17)7-5-12)20(11-3-10-18)14-8-9-14/h4-7,14-16H,2-3,8-9,11,19H2,1H3. The van der Waals surface area contributed by atoms with Crippen LogP contribution in [-0.2, 0) is 0 Å². The predicted molar refractivity (Wildman–Crippen MR) is 85.1 cm³/mol. The number of nitrogens with two attached hydrogens (primary N) is 1. The van der Waals surface area contributed by atoms with Crippen molar-refractivity contribution in [2.24, 2.45) is 5.73 Å². The first-order valence-corrected chi connectivity index (χ1v) is 8.10. The Bertz CT molecular complexity index is 462. The molecule has 1 fully saturated rings. The van der Waals surface area contributed by atoms with E-state index < -0.39 is 0 Å². The molecule has 0 aliphatic heterocycles. The number of hydrogen-bond donors (Lipinski definition) is 1. The summed E-state index contributed by atoms with van der Waals surface area (Å²) < 4.78 is 1.08. The maximum atomic E-state index is 8.89. The third-order valence-electron chi connectivity index (χ3n) is 3.94. The predicted octanol–water partition coefficient (Wildman–Crippen LogP) is 3.61. The van der Waals surface area contributed by atoms with Crippen molar-refractivity contribution >= 4 is 15.9 Å². The minimum absolute atomic E-state index is 0.107. The number of halogens is 1. The molecule has 4 heteroatoms. The average Bonchev–Trinajstić information content (AvgIpc) is 3.28. The second-order valence-electron chi connectivity index (χ2n) is 5.45. The van der Waals surface area contributed by atoms with Crippen LogP contribution in [0.3, 0.4) is 0 Å². The van der Waals surface area contributed by atoms with Crippen molar-refractivity contribution in [2.75, 3.05) is 6.54 Å². The number of nitrogens with zero attached hydrogens (tertiary/aromatic N) is 2. The Labute approximate surface area is 129 Å². The number of hydrogen-bond acceptors (Lipinski definition) is 3. The van der Waals surface area contributed by atoms with Gasteiger partial charge in [-0.25, -0.2) is 0 Å². The van der Waals surface area contributed by atoms with E-state index in [2.05, 4.69) is 58.1 Å². The van der Waals surface area contributed by atoms with E-state index in [1.54, 1.807) is 0 Å². The lowest BCUT2D eigenvalue weighted by Gasteiger charge is -2.35. The first-order chi connectivity index (χ1) is 9.67. The Morgan fingerprint density at radius 3 is 2.55 bits per heavy atom. The zero-order valence-corrected chi connectivity index (χ0v) is 13.5. The highest BCUT2D eigenvalue weighted by atomic mass is 79.9. The van der Waals surface area contributed by atoms with Gasteiger partial charge < -0.3 is 5.73 Å². The number of benzene rings is 1. The van der Waals surface area contributed by atoms with E-state index in [-0.39, 0.29) is 12.1 Å². The van der Waals surface area contributed by atoms with Crippen molar-refractivity contribution in [3.8, 4) is 6.07 Å². The molecule has 0 amide bonds. The normalized spacial score (nSPS) is 17.8. The van der Waals surface area contributed by atoms with Crippen LogP contribution in [0.2, 0.25) is 0 Å². The van der Waals surface area contributed by atoms with Gasteiger partial charge in [0.25, 0.3) is 0 Å². The molecule has 1 aromatic rings. The lowest BCUT2D eigenvalue weighted by atomic mass is 9.96. The molecule has 2 N–H and O–H groups in total. The molecule has 3 nitrogen and oxygen atoms in total. The van der Waals surface area contributed by atoms with Crippen molar-refractivity contribution in [3.05, 3.63) is 34.3 Å². The van der Waals surface area contributed by atoms with Crippen molar-refractivity contribution in [1.29, 1.82) is 5.26 Å². The first kappa shape index (κ1) is 15.5. The minimum Gasteiger partial charge on any atom is -0.326 e. The molecular formula is C16H22BrN3. The smallest absolute Gasteiger partial charge is 0.0635 e. The van der Waals surface area contributed by atoms with Crippen LogP contribution >= 0.6 is 15.9 Å². The molecule has 0 heterocycles. The Kier molecular flexibility index (Phi) is 5.59. The molecule has 1 saturated carbocycles. The molecule has 0 aromatic heterocycles. The summed E-state index contributed by atoms with van der Waals surface area (Å²) in [6, 6.07) is 11.6. The molecule has 0 saturated heterocycles. The fourth-order valence-corrected chi connectivity index (χ4v) is 2.97. The van der Waals surface area contributed by atoms with Crippen LogP contribution in [0.4, 0.5) is 0 Å². The topological polar surface area (TPSA) is 53.0 Å². The quantitative estimate of drug-likeness (QED) is 0.828. The summed E-state index contributed by atoms with van der Waals surface area (Å²) in [6.45, 7) is 2.95. The fraction of sp³-hybridized carbons (Fsp3) is 0.562. The molecule has 2 rings (SSSR count). The molecule has 1 aliphatic rings. The van der Waals surface area contributed by atoms with Gasteiger partial charge in [-0.2, -0.15) is 5.26 Å². The molecule has 20 heavy (non-hydrogen) atoms. The van der Waals surface area contributed by atoms with Crippen LogP contribution < -0.4 is 5.73 Å². The lowest BCUT2D eigenvalue weighted by Crippen LogP contribution is -2.42. The van der Waals surface area contributed by atoms with Gasteiger partial charge in [0.2, 0.25) is 0 Å². The Morgan fingerprint density at radius 1 is 1.40 bits per heavy atom. The van der Waals surface area contributed by atoms with Gasteiger partial charge in [-0.3, -0.25) is 4.90 Å². The summed E-state index contributed by atoms with van der Waals surface area (Å²) in [5.74, 6) is 0. The van der Waals surface area contributed by atoms with Crippen molar-refractivity contribution in [3.63, 3.8) is 0 Å². The highest BCUT2D eigenvalue weighted by molar-refractivity contribution is 9.10. The van der Waals surface area contributed by atoms with Gasteiger partial charge in [-0.05, 0) is 37.0 Å². The summed E-state index contributed by atoms with van der Waals surface area (Å²) >= 11 is 3.48. The average molecular weight is 336 g/mol. The Balaban J connectivity index is 2.25. The van der Waals surface area contributed by atoms with Crippen molar-refractivity contribution < 1.29 is 0 Å². The molecule has 0 radical (unpaired) electrons. The van der Waals surface area contributed by atoms with E-state index in [1.165, 1.54) is 18.4 Å². The molecule has 2 atom stereocenters. The third-order valence-corrected chi connectivity index (χ3v) is 4.47. The van der Waals surface area contributed by atoms with Crippen molar-refractivity contribution in [2.45, 2.75) is 50.7 Å². The fourth-order valence-electron chi connectivity index (χ4n) is 2.70. The van der Waals surface area contributed by atoms with E-state index in [0.717, 1.165) is 17.4 Å². The van der Waals surface area contributed by atoms with Gasteiger partial charge in [-0.15, -0.1) is 0 Å². The van der Waals surface area contributed by atoms with Gasteiger partial charge in [0.15, 0.2) is 0 Å². The lowest BCUT2D eigenvalue weighted by molar-refractivity contribution is 0.163. The number of nitriles is 1. The maximum Gasteiger partial charge on any atom is 0.0635 e. The summed E-state index contributed by atoms with van der Waals surface area (Å²) in [6.07, 6.45) is 3.97. The Hall–Kier alpha value is -0.890. The zero-order valence-electron chi connectivity index (χ0n) is 11.9. The summed E-state index contributed by atoms with van der Waals surface area (Å²) in [4.78, 5) is 2.45. The van der Waals surface area contributed by atoms with Crippen LogP contribution in [0.5, 0.6) is 0 Å². The van der Waals surface area contributed by atoms with Crippen LogP contribution in [0.1, 0.15) is 44.2 Å². The molecule has 1 aliphatic carbocycles. The second kappa shape index (κ2) is 7.21. The summed E-state index contributed by atoms with van der Waals surface area (Å²) in [5, 5.41) is 8.89. The molecular weight excluding hydrogens is 314 g/mol. The summed E-state index contributed by atoms with van der Waals surface area (Å²) in [7, 11) is 0. The SMILES string of the molecule is CCC(N)C(c1ccc(Br)cc1)N(CCC#N)C1CC1. The first-order valence-electron chi connectivity index (χ1n) is 7.31. The van der Waals surface area contributed by atoms with Gasteiger partial charge in [0, 0.05) is 29.5 Å². The molecule has 108 valence electrons. The van der Waals surface area contributed by atoms with E-state index >= 15 is 0 Å². The minimum atomic E-state index is 0.107. The number of rotatable bonds is 7. The van der Waals surface area contributed by atoms with Crippen molar-refractivity contribution in [1.82, 2.24) is 4.90 Å². The highest BCUT2D eigenvalue weighted by Crippen LogP contribution is 2.36. The molecule has 2 unspecified atom stereocenters.